The Bertz CT molecular complexity index is 529. The molecule has 0 unspecified atom stereocenters. The fourth-order valence-electron chi connectivity index (χ4n) is 2.73. The Kier molecular flexibility index (Phi) is 4.14. The van der Waals surface area contributed by atoms with Crippen LogP contribution >= 0.6 is 0 Å². The monoisotopic (exact) mass is 266 g/mol. The molecule has 1 heterocycles. The Labute approximate surface area is 121 Å². The Morgan fingerprint density at radius 2 is 1.60 bits per heavy atom. The average Bonchev–Trinajstić information content (AvgIpc) is 2.45. The van der Waals surface area contributed by atoms with Crippen molar-refractivity contribution in [1.29, 1.82) is 0 Å². The SMILES string of the molecule is CN(Cc1ccc(-c2ccccc2)cc1)CC1CNC1. The van der Waals surface area contributed by atoms with E-state index in [1.54, 1.807) is 0 Å². The topological polar surface area (TPSA) is 15.3 Å². The third kappa shape index (κ3) is 3.27. The van der Waals surface area contributed by atoms with Gasteiger partial charge in [0.1, 0.15) is 0 Å². The molecular formula is C18H22N2. The van der Waals surface area contributed by atoms with Crippen LogP contribution in [0, 0.1) is 5.92 Å². The second-order valence-corrected chi connectivity index (χ2v) is 5.78. The number of rotatable bonds is 5. The van der Waals surface area contributed by atoms with Gasteiger partial charge in [-0.3, -0.25) is 0 Å². The van der Waals surface area contributed by atoms with Crippen molar-refractivity contribution >= 4 is 0 Å². The van der Waals surface area contributed by atoms with E-state index in [1.807, 2.05) is 0 Å². The molecule has 104 valence electrons. The summed E-state index contributed by atoms with van der Waals surface area (Å²) in [6.07, 6.45) is 0. The highest BCUT2D eigenvalue weighted by Gasteiger charge is 2.18. The van der Waals surface area contributed by atoms with E-state index in [4.69, 9.17) is 0 Å². The molecule has 1 aliphatic rings. The molecule has 2 heteroatoms. The van der Waals surface area contributed by atoms with Gasteiger partial charge in [0.2, 0.25) is 0 Å². The summed E-state index contributed by atoms with van der Waals surface area (Å²) >= 11 is 0. The largest absolute Gasteiger partial charge is 0.316 e. The Balaban J connectivity index is 1.61. The molecule has 0 spiro atoms. The normalized spacial score (nSPS) is 15.3. The van der Waals surface area contributed by atoms with E-state index in [1.165, 1.54) is 36.3 Å². The lowest BCUT2D eigenvalue weighted by Gasteiger charge is -2.31. The zero-order chi connectivity index (χ0) is 13.8. The van der Waals surface area contributed by atoms with E-state index < -0.39 is 0 Å². The molecule has 1 aliphatic heterocycles. The first-order valence-corrected chi connectivity index (χ1v) is 7.35. The summed E-state index contributed by atoms with van der Waals surface area (Å²) < 4.78 is 0. The zero-order valence-corrected chi connectivity index (χ0v) is 12.0. The summed E-state index contributed by atoms with van der Waals surface area (Å²) in [5.74, 6) is 0.837. The first-order chi connectivity index (χ1) is 9.81. The molecule has 2 nitrogen and oxygen atoms in total. The van der Waals surface area contributed by atoms with E-state index in [9.17, 15) is 0 Å². The van der Waals surface area contributed by atoms with E-state index in [2.05, 4.69) is 71.9 Å². The minimum atomic E-state index is 0.837. The molecule has 0 amide bonds. The van der Waals surface area contributed by atoms with Gasteiger partial charge in [0.05, 0.1) is 0 Å². The smallest absolute Gasteiger partial charge is 0.0230 e. The maximum atomic E-state index is 3.33. The predicted molar refractivity (Wildman–Crippen MR) is 84.6 cm³/mol. The molecule has 2 aromatic carbocycles. The highest BCUT2D eigenvalue weighted by Crippen LogP contribution is 2.19. The molecule has 1 saturated heterocycles. The van der Waals surface area contributed by atoms with E-state index in [0.717, 1.165) is 12.5 Å². The van der Waals surface area contributed by atoms with Crippen LogP contribution in [0.15, 0.2) is 54.6 Å². The first-order valence-electron chi connectivity index (χ1n) is 7.35. The molecule has 0 bridgehead atoms. The Morgan fingerprint density at radius 1 is 0.950 bits per heavy atom. The van der Waals surface area contributed by atoms with Crippen molar-refractivity contribution in [3.63, 3.8) is 0 Å². The minimum absolute atomic E-state index is 0.837. The van der Waals surface area contributed by atoms with Crippen LogP contribution in [0.2, 0.25) is 0 Å². The van der Waals surface area contributed by atoms with Crippen LogP contribution in [-0.4, -0.2) is 31.6 Å². The molecule has 2 aromatic rings. The van der Waals surface area contributed by atoms with E-state index in [-0.39, 0.29) is 0 Å². The fourth-order valence-corrected chi connectivity index (χ4v) is 2.73. The number of nitrogens with zero attached hydrogens (tertiary/aromatic N) is 1. The minimum Gasteiger partial charge on any atom is -0.316 e. The summed E-state index contributed by atoms with van der Waals surface area (Å²) in [5, 5.41) is 3.33. The molecule has 0 radical (unpaired) electrons. The summed E-state index contributed by atoms with van der Waals surface area (Å²) in [6.45, 7) is 4.58. The van der Waals surface area contributed by atoms with Crippen molar-refractivity contribution in [2.75, 3.05) is 26.7 Å². The lowest BCUT2D eigenvalue weighted by molar-refractivity contribution is 0.218. The zero-order valence-electron chi connectivity index (χ0n) is 12.0. The highest BCUT2D eigenvalue weighted by atomic mass is 15.1. The van der Waals surface area contributed by atoms with Crippen molar-refractivity contribution in [1.82, 2.24) is 10.2 Å². The first kappa shape index (κ1) is 13.3. The number of nitrogens with one attached hydrogen (secondary N) is 1. The van der Waals surface area contributed by atoms with Gasteiger partial charge in [0, 0.05) is 26.2 Å². The molecule has 0 aliphatic carbocycles. The summed E-state index contributed by atoms with van der Waals surface area (Å²) in [4.78, 5) is 2.42. The molecule has 0 saturated carbocycles. The third-order valence-electron chi connectivity index (χ3n) is 3.95. The number of hydrogen-bond acceptors (Lipinski definition) is 2. The average molecular weight is 266 g/mol. The molecule has 20 heavy (non-hydrogen) atoms. The third-order valence-corrected chi connectivity index (χ3v) is 3.95. The van der Waals surface area contributed by atoms with Crippen molar-refractivity contribution in [3.8, 4) is 11.1 Å². The maximum absolute atomic E-state index is 3.33. The summed E-state index contributed by atoms with van der Waals surface area (Å²) in [7, 11) is 2.21. The van der Waals surface area contributed by atoms with Gasteiger partial charge >= 0.3 is 0 Å². The van der Waals surface area contributed by atoms with Gasteiger partial charge in [-0.1, -0.05) is 54.6 Å². The number of benzene rings is 2. The molecule has 1 fully saturated rings. The van der Waals surface area contributed by atoms with Crippen LogP contribution in [0.4, 0.5) is 0 Å². The predicted octanol–water partition coefficient (Wildman–Crippen LogP) is 3.00. The van der Waals surface area contributed by atoms with Gasteiger partial charge < -0.3 is 10.2 Å². The van der Waals surface area contributed by atoms with Crippen LogP contribution in [0.3, 0.4) is 0 Å². The lowest BCUT2D eigenvalue weighted by Crippen LogP contribution is -2.47. The van der Waals surface area contributed by atoms with Crippen LogP contribution < -0.4 is 5.32 Å². The Morgan fingerprint density at radius 3 is 2.20 bits per heavy atom. The molecule has 0 atom stereocenters. The summed E-state index contributed by atoms with van der Waals surface area (Å²) in [6, 6.07) is 19.5. The van der Waals surface area contributed by atoms with Crippen molar-refractivity contribution in [3.05, 3.63) is 60.2 Å². The van der Waals surface area contributed by atoms with Crippen LogP contribution in [-0.2, 0) is 6.54 Å². The fraction of sp³-hybridized carbons (Fsp3) is 0.333. The second kappa shape index (κ2) is 6.21. The van der Waals surface area contributed by atoms with Gasteiger partial charge in [-0.25, -0.2) is 0 Å². The maximum Gasteiger partial charge on any atom is 0.0230 e. The van der Waals surface area contributed by atoms with Gasteiger partial charge in [0.25, 0.3) is 0 Å². The lowest BCUT2D eigenvalue weighted by atomic mass is 10.0. The molecule has 3 rings (SSSR count). The van der Waals surface area contributed by atoms with Crippen molar-refractivity contribution < 1.29 is 0 Å². The van der Waals surface area contributed by atoms with E-state index in [0.29, 0.717) is 0 Å². The van der Waals surface area contributed by atoms with Gasteiger partial charge in [-0.15, -0.1) is 0 Å². The van der Waals surface area contributed by atoms with Gasteiger partial charge in [-0.05, 0) is 29.7 Å². The van der Waals surface area contributed by atoms with Crippen molar-refractivity contribution in [2.45, 2.75) is 6.54 Å². The van der Waals surface area contributed by atoms with Crippen LogP contribution in [0.25, 0.3) is 11.1 Å². The standard InChI is InChI=1S/C18H22N2/c1-20(14-16-11-19-12-16)13-15-7-9-18(10-8-15)17-5-3-2-4-6-17/h2-10,16,19H,11-14H2,1H3. The quantitative estimate of drug-likeness (QED) is 0.895. The van der Waals surface area contributed by atoms with Gasteiger partial charge in [0.15, 0.2) is 0 Å². The van der Waals surface area contributed by atoms with Crippen LogP contribution in [0.5, 0.6) is 0 Å². The summed E-state index contributed by atoms with van der Waals surface area (Å²) in [5.41, 5.74) is 3.97. The number of hydrogen-bond donors (Lipinski definition) is 1. The van der Waals surface area contributed by atoms with Crippen molar-refractivity contribution in [2.24, 2.45) is 5.92 Å². The molecule has 0 aromatic heterocycles. The van der Waals surface area contributed by atoms with Gasteiger partial charge in [-0.2, -0.15) is 0 Å². The Hall–Kier alpha value is -1.64. The highest BCUT2D eigenvalue weighted by molar-refractivity contribution is 5.63. The molecular weight excluding hydrogens is 244 g/mol. The molecule has 1 N–H and O–H groups in total. The van der Waals surface area contributed by atoms with E-state index >= 15 is 0 Å². The second-order valence-electron chi connectivity index (χ2n) is 5.78. The van der Waals surface area contributed by atoms with Crippen LogP contribution in [0.1, 0.15) is 5.56 Å².